The first-order valence-corrected chi connectivity index (χ1v) is 13.8. The Morgan fingerprint density at radius 2 is 1.52 bits per heavy atom. The molecule has 1 heterocycles. The third-order valence-corrected chi connectivity index (χ3v) is 6.81. The van der Waals surface area contributed by atoms with E-state index in [0.717, 1.165) is 22.6 Å². The van der Waals surface area contributed by atoms with Crippen molar-refractivity contribution in [3.05, 3.63) is 114 Å². The number of carbonyl (C=O) groups excluding carboxylic acids is 2. The molecule has 0 aliphatic carbocycles. The molecular formula is C33H39N5O2. The van der Waals surface area contributed by atoms with Gasteiger partial charge >= 0.3 is 0 Å². The van der Waals surface area contributed by atoms with Gasteiger partial charge in [0.1, 0.15) is 5.82 Å². The summed E-state index contributed by atoms with van der Waals surface area (Å²) in [6.07, 6.45) is 2.67. The van der Waals surface area contributed by atoms with E-state index in [4.69, 9.17) is 10.7 Å². The van der Waals surface area contributed by atoms with Crippen molar-refractivity contribution < 1.29 is 9.59 Å². The predicted molar refractivity (Wildman–Crippen MR) is 160 cm³/mol. The van der Waals surface area contributed by atoms with E-state index in [1.807, 2.05) is 71.6 Å². The van der Waals surface area contributed by atoms with Gasteiger partial charge in [0.2, 0.25) is 5.91 Å². The van der Waals surface area contributed by atoms with Gasteiger partial charge in [-0.1, -0.05) is 99.6 Å². The second kappa shape index (κ2) is 13.2. The van der Waals surface area contributed by atoms with Crippen molar-refractivity contribution in [1.82, 2.24) is 19.8 Å². The quantitative estimate of drug-likeness (QED) is 0.254. The van der Waals surface area contributed by atoms with Crippen LogP contribution in [0.3, 0.4) is 0 Å². The summed E-state index contributed by atoms with van der Waals surface area (Å²) in [7, 11) is 0. The molecule has 4 rings (SSSR count). The molecule has 0 aliphatic rings. The topological polar surface area (TPSA) is 93.2 Å². The van der Waals surface area contributed by atoms with E-state index >= 15 is 0 Å². The highest BCUT2D eigenvalue weighted by Gasteiger charge is 2.38. The molecule has 0 spiro atoms. The molecule has 0 unspecified atom stereocenters. The Bertz CT molecular complexity index is 1380. The summed E-state index contributed by atoms with van der Waals surface area (Å²) in [6, 6.07) is 29.4. The van der Waals surface area contributed by atoms with E-state index in [2.05, 4.69) is 61.1 Å². The van der Waals surface area contributed by atoms with Crippen molar-refractivity contribution in [1.29, 1.82) is 0 Å². The average molecular weight is 538 g/mol. The smallest absolute Gasteiger partial charge is 0.254 e. The highest BCUT2D eigenvalue weighted by Crippen LogP contribution is 2.40. The number of nitrogens with one attached hydrogen (secondary N) is 1. The molecule has 1 aromatic heterocycles. The Hall–Kier alpha value is -4.23. The summed E-state index contributed by atoms with van der Waals surface area (Å²) in [5.41, 5.74) is 8.77. The zero-order chi connectivity index (χ0) is 28.5. The molecule has 7 heteroatoms. The molecule has 40 heavy (non-hydrogen) atoms. The van der Waals surface area contributed by atoms with Gasteiger partial charge in [-0.25, -0.2) is 4.98 Å². The Morgan fingerprint density at radius 3 is 2.12 bits per heavy atom. The van der Waals surface area contributed by atoms with Crippen LogP contribution in [0, 0.1) is 5.41 Å². The van der Waals surface area contributed by atoms with E-state index < -0.39 is 0 Å². The van der Waals surface area contributed by atoms with Crippen LogP contribution in [0.4, 0.5) is 0 Å². The van der Waals surface area contributed by atoms with Gasteiger partial charge in [-0.05, 0) is 29.5 Å². The van der Waals surface area contributed by atoms with Crippen LogP contribution in [0.5, 0.6) is 0 Å². The average Bonchev–Trinajstić information content (AvgIpc) is 3.37. The van der Waals surface area contributed by atoms with E-state index in [1.54, 1.807) is 0 Å². The van der Waals surface area contributed by atoms with Gasteiger partial charge in [-0.3, -0.25) is 9.59 Å². The first-order valence-electron chi connectivity index (χ1n) is 13.8. The number of hydrogen-bond acceptors (Lipinski definition) is 4. The molecular weight excluding hydrogens is 498 g/mol. The second-order valence-corrected chi connectivity index (χ2v) is 11.0. The fraction of sp³-hybridized carbons (Fsp3) is 0.303. The molecule has 7 nitrogen and oxygen atoms in total. The summed E-state index contributed by atoms with van der Waals surface area (Å²) in [4.78, 5) is 33.0. The normalized spacial score (nSPS) is 12.1. The van der Waals surface area contributed by atoms with E-state index in [-0.39, 0.29) is 29.8 Å². The van der Waals surface area contributed by atoms with Gasteiger partial charge < -0.3 is 20.5 Å². The maximum absolute atomic E-state index is 14.1. The minimum Gasteiger partial charge on any atom is -0.355 e. The lowest BCUT2D eigenvalue weighted by Crippen LogP contribution is -2.44. The Labute approximate surface area is 237 Å². The summed E-state index contributed by atoms with van der Waals surface area (Å²) in [5.74, 6) is 0.547. The van der Waals surface area contributed by atoms with Crippen LogP contribution >= 0.6 is 0 Å². The van der Waals surface area contributed by atoms with Gasteiger partial charge in [0.15, 0.2) is 0 Å². The van der Waals surface area contributed by atoms with E-state index in [9.17, 15) is 9.59 Å². The molecule has 0 aliphatic heterocycles. The monoisotopic (exact) mass is 537 g/mol. The van der Waals surface area contributed by atoms with Crippen molar-refractivity contribution in [3.63, 3.8) is 0 Å². The number of imidazole rings is 1. The molecule has 4 aromatic rings. The zero-order valence-corrected chi connectivity index (χ0v) is 23.6. The summed E-state index contributed by atoms with van der Waals surface area (Å²) < 4.78 is 2.18. The van der Waals surface area contributed by atoms with E-state index in [0.29, 0.717) is 31.6 Å². The van der Waals surface area contributed by atoms with Crippen molar-refractivity contribution in [2.24, 2.45) is 11.1 Å². The fourth-order valence-corrected chi connectivity index (χ4v) is 4.94. The molecule has 0 fully saturated rings. The minimum absolute atomic E-state index is 0.0591. The van der Waals surface area contributed by atoms with Crippen LogP contribution in [0.25, 0.3) is 11.3 Å². The second-order valence-electron chi connectivity index (χ2n) is 11.0. The van der Waals surface area contributed by atoms with Crippen molar-refractivity contribution in [2.75, 3.05) is 19.6 Å². The molecule has 2 amide bonds. The maximum atomic E-state index is 14.1. The molecule has 208 valence electrons. The van der Waals surface area contributed by atoms with Gasteiger partial charge in [-0.2, -0.15) is 0 Å². The van der Waals surface area contributed by atoms with Gasteiger partial charge in [0.25, 0.3) is 5.91 Å². The third-order valence-electron chi connectivity index (χ3n) is 6.81. The Kier molecular flexibility index (Phi) is 9.51. The van der Waals surface area contributed by atoms with Gasteiger partial charge in [0.05, 0.1) is 18.3 Å². The largest absolute Gasteiger partial charge is 0.355 e. The van der Waals surface area contributed by atoms with Crippen LogP contribution in [-0.2, 0) is 11.3 Å². The number of hydrogen-bond donors (Lipinski definition) is 2. The van der Waals surface area contributed by atoms with Gasteiger partial charge in [-0.15, -0.1) is 0 Å². The number of nitrogens with two attached hydrogens (primary N) is 1. The highest BCUT2D eigenvalue weighted by atomic mass is 16.2. The fourth-order valence-electron chi connectivity index (χ4n) is 4.94. The predicted octanol–water partition coefficient (Wildman–Crippen LogP) is 5.29. The van der Waals surface area contributed by atoms with Crippen molar-refractivity contribution in [3.8, 4) is 11.3 Å². The van der Waals surface area contributed by atoms with Crippen molar-refractivity contribution >= 4 is 11.8 Å². The lowest BCUT2D eigenvalue weighted by Gasteiger charge is -2.40. The van der Waals surface area contributed by atoms with Crippen LogP contribution in [0.1, 0.15) is 55.0 Å². The Morgan fingerprint density at radius 1 is 0.925 bits per heavy atom. The van der Waals surface area contributed by atoms with Crippen LogP contribution in [-0.4, -0.2) is 45.9 Å². The summed E-state index contributed by atoms with van der Waals surface area (Å²) in [6.45, 7) is 7.87. The number of nitrogens with zero attached hydrogens (tertiary/aromatic N) is 3. The third kappa shape index (κ3) is 7.24. The number of amides is 2. The lowest BCUT2D eigenvalue weighted by molar-refractivity contribution is -0.119. The molecule has 0 radical (unpaired) electrons. The zero-order valence-electron chi connectivity index (χ0n) is 23.6. The molecule has 0 saturated heterocycles. The van der Waals surface area contributed by atoms with Crippen LogP contribution in [0.2, 0.25) is 0 Å². The highest BCUT2D eigenvalue weighted by molar-refractivity contribution is 5.94. The van der Waals surface area contributed by atoms with Crippen LogP contribution < -0.4 is 11.1 Å². The summed E-state index contributed by atoms with van der Waals surface area (Å²) in [5, 5.41) is 2.83. The number of aromatic nitrogens is 2. The standard InChI is InChI=1S/C33H39N5O2/c1-33(2,3)30(38(21-13-20-35-29(39)22-34)32(40)27-18-11-6-12-19-27)31-36-28(26-16-9-5-10-17-26)24-37(31)23-25-14-7-4-8-15-25/h4-12,14-19,24,30H,13,20-23,34H2,1-3H3,(H,35,39)/t30-/m0/s1. The molecule has 3 aromatic carbocycles. The molecule has 0 bridgehead atoms. The maximum Gasteiger partial charge on any atom is 0.254 e. The minimum atomic E-state index is -0.349. The van der Waals surface area contributed by atoms with E-state index in [1.165, 1.54) is 0 Å². The summed E-state index contributed by atoms with van der Waals surface area (Å²) >= 11 is 0. The Balaban J connectivity index is 1.80. The SMILES string of the molecule is CC(C)(C)[C@H](c1nc(-c2ccccc2)cn1Cc1ccccc1)N(CCCNC(=O)CN)C(=O)c1ccccc1. The number of rotatable bonds is 11. The number of carbonyl (C=O) groups is 2. The lowest BCUT2D eigenvalue weighted by atomic mass is 9.84. The first kappa shape index (κ1) is 28.8. The van der Waals surface area contributed by atoms with Crippen molar-refractivity contribution in [2.45, 2.75) is 39.8 Å². The van der Waals surface area contributed by atoms with Gasteiger partial charge in [0, 0.05) is 37.0 Å². The number of benzene rings is 3. The molecule has 1 atom stereocenters. The van der Waals surface area contributed by atoms with Crippen LogP contribution in [0.15, 0.2) is 97.2 Å². The molecule has 0 saturated carbocycles. The molecule has 3 N–H and O–H groups in total. The first-order chi connectivity index (χ1) is 19.3.